The molecular formula is C29H29F2N3O5S. The van der Waals surface area contributed by atoms with Gasteiger partial charge < -0.3 is 14.7 Å². The Morgan fingerprint density at radius 2 is 1.82 bits per heavy atom. The number of benzene rings is 2. The van der Waals surface area contributed by atoms with E-state index in [4.69, 9.17) is 4.74 Å². The van der Waals surface area contributed by atoms with Crippen molar-refractivity contribution in [1.29, 1.82) is 0 Å². The molecule has 2 aromatic carbocycles. The predicted molar refractivity (Wildman–Crippen MR) is 144 cm³/mol. The Morgan fingerprint density at radius 1 is 1.15 bits per heavy atom. The van der Waals surface area contributed by atoms with E-state index in [1.54, 1.807) is 26.0 Å². The quantitative estimate of drug-likeness (QED) is 0.458. The first-order valence-electron chi connectivity index (χ1n) is 12.6. The molecule has 2 heterocycles. The van der Waals surface area contributed by atoms with Crippen LogP contribution in [-0.4, -0.2) is 72.5 Å². The zero-order chi connectivity index (χ0) is 29.0. The summed E-state index contributed by atoms with van der Waals surface area (Å²) < 4.78 is 61.7. The number of pyridine rings is 1. The summed E-state index contributed by atoms with van der Waals surface area (Å²) in [6.45, 7) is 3.15. The van der Waals surface area contributed by atoms with Crippen LogP contribution < -0.4 is 4.74 Å². The average Bonchev–Trinajstić information content (AvgIpc) is 2.94. The summed E-state index contributed by atoms with van der Waals surface area (Å²) in [5.74, 6) is 3.30. The average molecular weight is 570 g/mol. The molecule has 1 N–H and O–H groups in total. The SMILES string of the molecule is C[C@@H]1CN([C@@H](C)CO)C(=O)c2cc(C#Cc3ccccc3F)cnc2O[C@H]1CN(C)S(=O)(=O)c1ccccc1F. The van der Waals surface area contributed by atoms with Gasteiger partial charge in [-0.05, 0) is 37.3 Å². The van der Waals surface area contributed by atoms with Gasteiger partial charge in [-0.3, -0.25) is 4.79 Å². The largest absolute Gasteiger partial charge is 0.472 e. The van der Waals surface area contributed by atoms with Crippen LogP contribution in [0.5, 0.6) is 5.88 Å². The fraction of sp³-hybridized carbons (Fsp3) is 0.310. The van der Waals surface area contributed by atoms with E-state index in [1.165, 1.54) is 54.5 Å². The number of hydrogen-bond acceptors (Lipinski definition) is 6. The molecule has 3 aromatic rings. The number of sulfonamides is 1. The molecule has 0 bridgehead atoms. The Kier molecular flexibility index (Phi) is 8.83. The minimum Gasteiger partial charge on any atom is -0.472 e. The molecule has 0 saturated carbocycles. The molecule has 210 valence electrons. The van der Waals surface area contributed by atoms with Crippen LogP contribution in [0.4, 0.5) is 8.78 Å². The molecule has 0 fully saturated rings. The predicted octanol–water partition coefficient (Wildman–Crippen LogP) is 3.30. The summed E-state index contributed by atoms with van der Waals surface area (Å²) >= 11 is 0. The van der Waals surface area contributed by atoms with Crippen molar-refractivity contribution in [2.24, 2.45) is 5.92 Å². The number of carbonyl (C=O) groups is 1. The number of halogens is 2. The topological polar surface area (TPSA) is 100 Å². The van der Waals surface area contributed by atoms with Crippen LogP contribution >= 0.6 is 0 Å². The van der Waals surface area contributed by atoms with Crippen molar-refractivity contribution in [2.45, 2.75) is 30.9 Å². The highest BCUT2D eigenvalue weighted by atomic mass is 32.2. The van der Waals surface area contributed by atoms with Crippen molar-refractivity contribution < 1.29 is 31.8 Å². The van der Waals surface area contributed by atoms with Crippen molar-refractivity contribution in [3.8, 4) is 17.7 Å². The summed E-state index contributed by atoms with van der Waals surface area (Å²) in [5.41, 5.74) is 0.581. The summed E-state index contributed by atoms with van der Waals surface area (Å²) in [7, 11) is -2.87. The minimum absolute atomic E-state index is 0.0372. The number of ether oxygens (including phenoxy) is 1. The van der Waals surface area contributed by atoms with Gasteiger partial charge in [0.05, 0.1) is 24.8 Å². The second-order valence-electron chi connectivity index (χ2n) is 9.65. The van der Waals surface area contributed by atoms with Gasteiger partial charge in [0.2, 0.25) is 15.9 Å². The molecule has 1 aliphatic rings. The first-order valence-corrected chi connectivity index (χ1v) is 14.0. The Morgan fingerprint density at radius 3 is 2.50 bits per heavy atom. The number of aliphatic hydroxyl groups is 1. The van der Waals surface area contributed by atoms with E-state index in [0.717, 1.165) is 10.4 Å². The lowest BCUT2D eigenvalue weighted by Gasteiger charge is -2.37. The van der Waals surface area contributed by atoms with E-state index in [9.17, 15) is 27.1 Å². The molecule has 40 heavy (non-hydrogen) atoms. The summed E-state index contributed by atoms with van der Waals surface area (Å²) in [5, 5.41) is 9.84. The van der Waals surface area contributed by atoms with E-state index in [2.05, 4.69) is 16.8 Å². The van der Waals surface area contributed by atoms with E-state index in [1.807, 2.05) is 0 Å². The first kappa shape index (κ1) is 29.1. The van der Waals surface area contributed by atoms with Crippen molar-refractivity contribution in [3.63, 3.8) is 0 Å². The number of likely N-dealkylation sites (N-methyl/N-ethyl adjacent to an activating group) is 1. The fourth-order valence-corrected chi connectivity index (χ4v) is 5.51. The van der Waals surface area contributed by atoms with Crippen LogP contribution in [-0.2, 0) is 10.0 Å². The van der Waals surface area contributed by atoms with Gasteiger partial charge in [-0.2, -0.15) is 4.31 Å². The van der Waals surface area contributed by atoms with Crippen molar-refractivity contribution in [1.82, 2.24) is 14.2 Å². The molecule has 1 amide bonds. The van der Waals surface area contributed by atoms with Gasteiger partial charge in [0.25, 0.3) is 5.91 Å². The normalized spacial score (nSPS) is 18.2. The van der Waals surface area contributed by atoms with Crippen molar-refractivity contribution >= 4 is 15.9 Å². The third-order valence-corrected chi connectivity index (χ3v) is 8.55. The van der Waals surface area contributed by atoms with Crippen molar-refractivity contribution in [3.05, 3.63) is 89.1 Å². The lowest BCUT2D eigenvalue weighted by atomic mass is 10.0. The Bertz CT molecular complexity index is 1570. The summed E-state index contributed by atoms with van der Waals surface area (Å²) in [4.78, 5) is 18.9. The monoisotopic (exact) mass is 569 g/mol. The standard InChI is InChI=1S/C29H29F2N3O5S/c1-19-16-34(20(2)18-35)29(36)23-14-21(12-13-22-8-4-5-9-24(22)30)15-32-28(23)39-26(19)17-33(3)40(37,38)27-11-7-6-10-25(27)31/h4-11,14-15,19-20,26,35H,16-18H2,1-3H3/t19-,20+,26+/m1/s1. The molecule has 4 rings (SSSR count). The zero-order valence-electron chi connectivity index (χ0n) is 22.2. The van der Waals surface area contributed by atoms with Crippen LogP contribution in [0.25, 0.3) is 0 Å². The molecule has 0 saturated heterocycles. The molecule has 0 aliphatic carbocycles. The van der Waals surface area contributed by atoms with E-state index in [-0.39, 0.29) is 36.7 Å². The van der Waals surface area contributed by atoms with Crippen LogP contribution in [0.1, 0.15) is 35.3 Å². The number of aliphatic hydroxyl groups excluding tert-OH is 1. The minimum atomic E-state index is -4.19. The molecule has 0 unspecified atom stereocenters. The van der Waals surface area contributed by atoms with Crippen molar-refractivity contribution in [2.75, 3.05) is 26.7 Å². The fourth-order valence-electron chi connectivity index (χ4n) is 4.26. The lowest BCUT2D eigenvalue weighted by Crippen LogP contribution is -2.50. The molecule has 11 heteroatoms. The van der Waals surface area contributed by atoms with Gasteiger partial charge in [0, 0.05) is 31.3 Å². The number of rotatable bonds is 6. The van der Waals surface area contributed by atoms with Crippen LogP contribution in [0.2, 0.25) is 0 Å². The van der Waals surface area contributed by atoms with Gasteiger partial charge in [0.15, 0.2) is 0 Å². The Labute approximate surface area is 232 Å². The maximum absolute atomic E-state index is 14.3. The van der Waals surface area contributed by atoms with Gasteiger partial charge >= 0.3 is 0 Å². The number of aromatic nitrogens is 1. The van der Waals surface area contributed by atoms with Gasteiger partial charge in [-0.25, -0.2) is 22.2 Å². The maximum Gasteiger partial charge on any atom is 0.259 e. The first-order chi connectivity index (χ1) is 19.0. The van der Waals surface area contributed by atoms with E-state index < -0.39 is 50.5 Å². The molecule has 0 spiro atoms. The molecule has 8 nitrogen and oxygen atoms in total. The summed E-state index contributed by atoms with van der Waals surface area (Å²) in [6.07, 6.45) is 0.595. The highest BCUT2D eigenvalue weighted by molar-refractivity contribution is 7.89. The van der Waals surface area contributed by atoms with Crippen LogP contribution in [0.15, 0.2) is 65.7 Å². The van der Waals surface area contributed by atoms with Crippen LogP contribution in [0.3, 0.4) is 0 Å². The maximum atomic E-state index is 14.3. The van der Waals surface area contributed by atoms with Gasteiger partial charge in [0.1, 0.15) is 28.2 Å². The number of hydrogen-bond donors (Lipinski definition) is 1. The number of fused-ring (bicyclic) bond motifs is 1. The number of carbonyl (C=O) groups excluding carboxylic acids is 1. The second kappa shape index (κ2) is 12.1. The molecular weight excluding hydrogens is 540 g/mol. The molecule has 1 aliphatic heterocycles. The van der Waals surface area contributed by atoms with E-state index in [0.29, 0.717) is 5.56 Å². The third kappa shape index (κ3) is 6.14. The Hall–Kier alpha value is -3.85. The third-order valence-electron chi connectivity index (χ3n) is 6.70. The molecule has 1 aromatic heterocycles. The molecule has 0 radical (unpaired) electrons. The highest BCUT2D eigenvalue weighted by Gasteiger charge is 2.36. The second-order valence-corrected chi connectivity index (χ2v) is 11.7. The summed E-state index contributed by atoms with van der Waals surface area (Å²) in [6, 6.07) is 12.0. The number of amides is 1. The van der Waals surface area contributed by atoms with Crippen LogP contribution in [0, 0.1) is 29.4 Å². The highest BCUT2D eigenvalue weighted by Crippen LogP contribution is 2.28. The van der Waals surface area contributed by atoms with Gasteiger partial charge in [-0.15, -0.1) is 0 Å². The molecule has 3 atom stereocenters. The van der Waals surface area contributed by atoms with E-state index >= 15 is 0 Å². The number of nitrogens with zero attached hydrogens (tertiary/aromatic N) is 3. The smallest absolute Gasteiger partial charge is 0.259 e. The van der Waals surface area contributed by atoms with Gasteiger partial charge in [-0.1, -0.05) is 43.0 Å². The Balaban J connectivity index is 1.70. The zero-order valence-corrected chi connectivity index (χ0v) is 23.0. The lowest BCUT2D eigenvalue weighted by molar-refractivity contribution is 0.0373.